The molecular formula is C33H33N5O7. The molecular weight excluding hydrogens is 578 g/mol. The van der Waals surface area contributed by atoms with Gasteiger partial charge in [-0.25, -0.2) is 4.98 Å². The lowest BCUT2D eigenvalue weighted by molar-refractivity contribution is -0.148. The van der Waals surface area contributed by atoms with Crippen LogP contribution in [0.2, 0.25) is 0 Å². The largest absolute Gasteiger partial charge is 0.510 e. The summed E-state index contributed by atoms with van der Waals surface area (Å²) in [7, 11) is 8.85. The van der Waals surface area contributed by atoms with Crippen LogP contribution in [-0.2, 0) is 23.1 Å². The molecule has 12 heteroatoms. The van der Waals surface area contributed by atoms with Crippen LogP contribution in [0.4, 0.5) is 5.69 Å². The van der Waals surface area contributed by atoms with Crippen molar-refractivity contribution in [1.29, 1.82) is 0 Å². The number of carbonyl (C=O) groups is 3. The van der Waals surface area contributed by atoms with Gasteiger partial charge in [0.2, 0.25) is 11.7 Å². The van der Waals surface area contributed by atoms with Crippen molar-refractivity contribution in [3.63, 3.8) is 0 Å². The van der Waals surface area contributed by atoms with Gasteiger partial charge in [-0.1, -0.05) is 18.2 Å². The summed E-state index contributed by atoms with van der Waals surface area (Å²) in [5.74, 6) is -5.85. The first-order valence-corrected chi connectivity index (χ1v) is 14.6. The number of amides is 1. The third-order valence-electron chi connectivity index (χ3n) is 9.73. The predicted molar refractivity (Wildman–Crippen MR) is 166 cm³/mol. The van der Waals surface area contributed by atoms with Crippen molar-refractivity contribution in [1.82, 2.24) is 14.5 Å². The molecule has 2 aromatic heterocycles. The molecule has 2 heterocycles. The number of likely N-dealkylation sites (N-methyl/N-ethyl adjacent to an activating group) is 1. The van der Waals surface area contributed by atoms with E-state index in [1.54, 1.807) is 19.0 Å². The summed E-state index contributed by atoms with van der Waals surface area (Å²) in [6.07, 6.45) is 0.344. The maximum Gasteiger partial charge on any atom is 0.255 e. The maximum absolute atomic E-state index is 14.5. The first kappa shape index (κ1) is 28.8. The van der Waals surface area contributed by atoms with Crippen molar-refractivity contribution in [2.45, 2.75) is 24.5 Å². The number of allylic oxidation sites excluding steroid dienone is 1. The van der Waals surface area contributed by atoms with E-state index in [4.69, 9.17) is 15.1 Å². The number of rotatable bonds is 4. The summed E-state index contributed by atoms with van der Waals surface area (Å²) in [6, 6.07) is 10.7. The number of anilines is 1. The smallest absolute Gasteiger partial charge is 0.255 e. The topological polar surface area (TPSA) is 175 Å². The Kier molecular flexibility index (Phi) is 6.10. The second kappa shape index (κ2) is 9.53. The number of hydrogen-bond donors (Lipinski definition) is 4. The Labute approximate surface area is 257 Å². The lowest BCUT2D eigenvalue weighted by atomic mass is 9.58. The fourth-order valence-electron chi connectivity index (χ4n) is 7.69. The normalized spacial score (nSPS) is 24.8. The average Bonchev–Trinajstić information content (AvgIpc) is 3.55. The van der Waals surface area contributed by atoms with E-state index in [9.17, 15) is 29.7 Å². The molecule has 2 aromatic carbocycles. The highest BCUT2D eigenvalue weighted by Crippen LogP contribution is 2.53. The number of carbonyl (C=O) groups excluding carboxylic acids is 3. The minimum Gasteiger partial charge on any atom is -0.510 e. The summed E-state index contributed by atoms with van der Waals surface area (Å²) < 4.78 is 8.29. The number of fused-ring (bicyclic) bond motifs is 6. The molecule has 0 fully saturated rings. The number of Topliss-reactive ketones (excluding diaryl/α,β-unsaturated/α-hetero) is 2. The van der Waals surface area contributed by atoms with Crippen LogP contribution in [0.25, 0.3) is 33.6 Å². The van der Waals surface area contributed by atoms with Gasteiger partial charge in [0.15, 0.2) is 17.0 Å². The molecule has 1 amide bonds. The van der Waals surface area contributed by atoms with E-state index in [0.717, 1.165) is 16.6 Å². The van der Waals surface area contributed by atoms with Crippen molar-refractivity contribution >= 4 is 45.2 Å². The SMILES string of the molecule is CN(C)c1cc2nc(-c3cc4ccccc4n3C)oc2c2c1C[C@H]1C[C@H]3[C@H](N(C)C)C(O)=C(C(N)=O)C(=O)[C@@]3(O)C(O)=C1C2=O. The van der Waals surface area contributed by atoms with Crippen LogP contribution < -0.4 is 10.6 Å². The summed E-state index contributed by atoms with van der Waals surface area (Å²) in [6.45, 7) is 0. The summed E-state index contributed by atoms with van der Waals surface area (Å²) >= 11 is 0. The molecule has 7 rings (SSSR count). The molecule has 0 spiro atoms. The molecule has 0 unspecified atom stereocenters. The van der Waals surface area contributed by atoms with Gasteiger partial charge in [0.1, 0.15) is 28.3 Å². The summed E-state index contributed by atoms with van der Waals surface area (Å²) in [4.78, 5) is 48.6. The molecule has 4 atom stereocenters. The van der Waals surface area contributed by atoms with Crippen LogP contribution in [0.15, 0.2) is 63.5 Å². The molecule has 232 valence electrons. The number of primary amides is 1. The monoisotopic (exact) mass is 611 g/mol. The van der Waals surface area contributed by atoms with Gasteiger partial charge in [0.25, 0.3) is 5.91 Å². The van der Waals surface area contributed by atoms with Gasteiger partial charge in [-0.2, -0.15) is 0 Å². The van der Waals surface area contributed by atoms with Gasteiger partial charge in [-0.15, -0.1) is 0 Å². The third kappa shape index (κ3) is 3.72. The third-order valence-corrected chi connectivity index (χ3v) is 9.73. The summed E-state index contributed by atoms with van der Waals surface area (Å²) in [5.41, 5.74) is 5.84. The van der Waals surface area contributed by atoms with Gasteiger partial charge >= 0.3 is 0 Å². The number of aromatic nitrogens is 2. The van der Waals surface area contributed by atoms with E-state index < -0.39 is 58.0 Å². The molecule has 0 aliphatic heterocycles. The Balaban J connectivity index is 1.45. The van der Waals surface area contributed by atoms with Gasteiger partial charge in [0.05, 0.1) is 11.6 Å². The lowest BCUT2D eigenvalue weighted by Crippen LogP contribution is -2.63. The van der Waals surface area contributed by atoms with Crippen LogP contribution in [-0.4, -0.2) is 87.1 Å². The minimum atomic E-state index is -2.65. The van der Waals surface area contributed by atoms with Gasteiger partial charge in [-0.05, 0) is 56.6 Å². The van der Waals surface area contributed by atoms with Crippen molar-refractivity contribution in [3.05, 3.63) is 70.2 Å². The van der Waals surface area contributed by atoms with Gasteiger partial charge < -0.3 is 34.9 Å². The van der Waals surface area contributed by atoms with E-state index in [-0.39, 0.29) is 29.6 Å². The van der Waals surface area contributed by atoms with Crippen molar-refractivity contribution in [2.75, 3.05) is 33.1 Å². The number of oxazole rings is 1. The molecule has 3 aliphatic carbocycles. The molecule has 0 saturated heterocycles. The zero-order valence-corrected chi connectivity index (χ0v) is 25.5. The number of aliphatic hydroxyl groups excluding tert-OH is 2. The zero-order chi connectivity index (χ0) is 32.3. The Morgan fingerprint density at radius 1 is 1.13 bits per heavy atom. The molecule has 0 radical (unpaired) electrons. The highest BCUT2D eigenvalue weighted by Gasteiger charge is 2.63. The minimum absolute atomic E-state index is 0.0638. The predicted octanol–water partition coefficient (Wildman–Crippen LogP) is 2.78. The number of benzene rings is 2. The number of aliphatic hydroxyl groups is 3. The van der Waals surface area contributed by atoms with E-state index in [0.29, 0.717) is 22.7 Å². The van der Waals surface area contributed by atoms with Crippen molar-refractivity contribution in [3.8, 4) is 11.6 Å². The van der Waals surface area contributed by atoms with Crippen LogP contribution in [0.5, 0.6) is 0 Å². The number of ketones is 2. The number of aryl methyl sites for hydroxylation is 1. The maximum atomic E-state index is 14.5. The van der Waals surface area contributed by atoms with Crippen LogP contribution in [0.1, 0.15) is 22.3 Å². The fraction of sp³-hybridized carbons (Fsp3) is 0.333. The van der Waals surface area contributed by atoms with E-state index in [1.807, 2.05) is 67.0 Å². The second-order valence-electron chi connectivity index (χ2n) is 12.6. The second-order valence-corrected chi connectivity index (χ2v) is 12.6. The molecule has 0 bridgehead atoms. The molecule has 45 heavy (non-hydrogen) atoms. The number of para-hydroxylation sites is 1. The highest BCUT2D eigenvalue weighted by molar-refractivity contribution is 6.25. The molecule has 12 nitrogen and oxygen atoms in total. The quantitative estimate of drug-likeness (QED) is 0.251. The number of hydrogen-bond acceptors (Lipinski definition) is 10. The van der Waals surface area contributed by atoms with Crippen molar-refractivity contribution in [2.24, 2.45) is 24.6 Å². The van der Waals surface area contributed by atoms with Crippen molar-refractivity contribution < 1.29 is 34.1 Å². The highest BCUT2D eigenvalue weighted by atomic mass is 16.4. The standard InChI is InChI=1S/C33H33N5O7/c1-36(2)20-13-18-28(45-32(35-18)21-12-14-8-6-7-9-19(14)38(21)5)23-16(20)10-15-11-17-25(37(3)4)27(40)24(31(34)43)30(42)33(17,44)29(41)22(15)26(23)39/h6-9,12-13,15,17,25,40-41,44H,10-11H2,1-5H3,(H2,34,43)/t15-,17-,25-,33-/m0/s1. The van der Waals surface area contributed by atoms with Crippen LogP contribution in [0, 0.1) is 11.8 Å². The Morgan fingerprint density at radius 2 is 1.84 bits per heavy atom. The van der Waals surface area contributed by atoms with Crippen LogP contribution in [0.3, 0.4) is 0 Å². The average molecular weight is 612 g/mol. The zero-order valence-electron chi connectivity index (χ0n) is 25.5. The molecule has 4 aromatic rings. The number of nitrogens with two attached hydrogens (primary N) is 1. The first-order valence-electron chi connectivity index (χ1n) is 14.6. The number of nitrogens with zero attached hydrogens (tertiary/aromatic N) is 4. The van der Waals surface area contributed by atoms with Gasteiger partial charge in [0, 0.05) is 49.2 Å². The first-order chi connectivity index (χ1) is 21.3. The van der Waals surface area contributed by atoms with Gasteiger partial charge in [-0.3, -0.25) is 19.3 Å². The van der Waals surface area contributed by atoms with E-state index >= 15 is 0 Å². The molecule has 0 saturated carbocycles. The Morgan fingerprint density at radius 3 is 2.49 bits per heavy atom. The van der Waals surface area contributed by atoms with Crippen LogP contribution >= 0.6 is 0 Å². The fourth-order valence-corrected chi connectivity index (χ4v) is 7.69. The lowest BCUT2D eigenvalue weighted by Gasteiger charge is -2.50. The molecule has 5 N–H and O–H groups in total. The van der Waals surface area contributed by atoms with E-state index in [2.05, 4.69) is 0 Å². The Bertz CT molecular complexity index is 2070. The van der Waals surface area contributed by atoms with E-state index in [1.165, 1.54) is 0 Å². The molecule has 3 aliphatic rings. The Hall–Kier alpha value is -4.94. The summed E-state index contributed by atoms with van der Waals surface area (Å²) in [5, 5.41) is 35.7.